The van der Waals surface area contributed by atoms with Crippen molar-refractivity contribution in [1.82, 2.24) is 0 Å². The largest absolute Gasteiger partial charge is 0.390 e. The average Bonchev–Trinajstić information content (AvgIpc) is 2.24. The minimum atomic E-state index is -3.37. The highest BCUT2D eigenvalue weighted by atomic mass is 32.2. The monoisotopic (exact) mass is 242 g/mol. The van der Waals surface area contributed by atoms with Crippen LogP contribution in [0.4, 0.5) is 0 Å². The van der Waals surface area contributed by atoms with Gasteiger partial charge in [0, 0.05) is 0 Å². The summed E-state index contributed by atoms with van der Waals surface area (Å²) in [6.07, 6.45) is -2.06. The second-order valence-corrected chi connectivity index (χ2v) is 6.33. The van der Waals surface area contributed by atoms with Gasteiger partial charge in [0.15, 0.2) is 9.84 Å². The molecular formula is C11H14O4S. The van der Waals surface area contributed by atoms with Gasteiger partial charge in [-0.25, -0.2) is 8.42 Å². The molecule has 4 nitrogen and oxygen atoms in total. The lowest BCUT2D eigenvalue weighted by molar-refractivity contribution is 0.0218. The molecule has 0 radical (unpaired) electrons. The molecule has 2 N–H and O–H groups in total. The van der Waals surface area contributed by atoms with Crippen LogP contribution in [0.5, 0.6) is 0 Å². The van der Waals surface area contributed by atoms with Crippen LogP contribution in [0.2, 0.25) is 0 Å². The zero-order chi connectivity index (χ0) is 11.8. The standard InChI is InChI=1S/C11H14O4S/c12-9-6-11(8-4-2-1-3-5-8)16(14,15)7-10(9)13/h1-5,9-13H,6-7H2/t9-,10+,11+/m0/s1. The zero-order valence-electron chi connectivity index (χ0n) is 8.65. The molecule has 1 fully saturated rings. The third-order valence-electron chi connectivity index (χ3n) is 2.91. The Hall–Kier alpha value is -0.910. The maximum Gasteiger partial charge on any atom is 0.160 e. The molecule has 0 unspecified atom stereocenters. The van der Waals surface area contributed by atoms with Crippen LogP contribution in [-0.2, 0) is 9.84 Å². The first-order valence-corrected chi connectivity index (χ1v) is 6.85. The number of hydrogen-bond acceptors (Lipinski definition) is 4. The topological polar surface area (TPSA) is 74.6 Å². The molecule has 0 saturated carbocycles. The SMILES string of the molecule is O=S1(=O)C[C@@H](O)[C@@H](O)C[C@@H]1c1ccccc1. The molecule has 1 aromatic carbocycles. The van der Waals surface area contributed by atoms with Crippen molar-refractivity contribution in [2.45, 2.75) is 23.9 Å². The van der Waals surface area contributed by atoms with Gasteiger partial charge in [0.05, 0.1) is 23.2 Å². The molecule has 3 atom stereocenters. The van der Waals surface area contributed by atoms with Gasteiger partial charge in [-0.05, 0) is 12.0 Å². The third kappa shape index (κ3) is 2.11. The van der Waals surface area contributed by atoms with Crippen LogP contribution in [0.1, 0.15) is 17.2 Å². The van der Waals surface area contributed by atoms with Gasteiger partial charge in [-0.2, -0.15) is 0 Å². The molecule has 2 rings (SSSR count). The van der Waals surface area contributed by atoms with E-state index in [2.05, 4.69) is 0 Å². The molecular weight excluding hydrogens is 228 g/mol. The van der Waals surface area contributed by atoms with Gasteiger partial charge in [0.2, 0.25) is 0 Å². The number of aliphatic hydroxyl groups excluding tert-OH is 2. The fraction of sp³-hybridized carbons (Fsp3) is 0.455. The summed E-state index contributed by atoms with van der Waals surface area (Å²) in [5.74, 6) is -0.367. The molecule has 0 spiro atoms. The number of sulfone groups is 1. The highest BCUT2D eigenvalue weighted by Crippen LogP contribution is 2.33. The van der Waals surface area contributed by atoms with Crippen molar-refractivity contribution >= 4 is 9.84 Å². The van der Waals surface area contributed by atoms with E-state index >= 15 is 0 Å². The Morgan fingerprint density at radius 2 is 1.69 bits per heavy atom. The van der Waals surface area contributed by atoms with Crippen molar-refractivity contribution in [1.29, 1.82) is 0 Å². The van der Waals surface area contributed by atoms with Crippen LogP contribution in [0.25, 0.3) is 0 Å². The normalized spacial score (nSPS) is 33.5. The Morgan fingerprint density at radius 1 is 1.06 bits per heavy atom. The predicted molar refractivity (Wildman–Crippen MR) is 59.6 cm³/mol. The number of benzene rings is 1. The van der Waals surface area contributed by atoms with Crippen LogP contribution in [0.3, 0.4) is 0 Å². The van der Waals surface area contributed by atoms with E-state index in [0.717, 1.165) is 0 Å². The lowest BCUT2D eigenvalue weighted by atomic mass is 10.0. The van der Waals surface area contributed by atoms with Gasteiger partial charge < -0.3 is 10.2 Å². The minimum absolute atomic E-state index is 0.0630. The summed E-state index contributed by atoms with van der Waals surface area (Å²) < 4.78 is 23.7. The molecule has 16 heavy (non-hydrogen) atoms. The summed E-state index contributed by atoms with van der Waals surface area (Å²) in [6, 6.07) is 8.80. The average molecular weight is 242 g/mol. The maximum absolute atomic E-state index is 11.9. The third-order valence-corrected chi connectivity index (χ3v) is 5.05. The van der Waals surface area contributed by atoms with Crippen LogP contribution >= 0.6 is 0 Å². The lowest BCUT2D eigenvalue weighted by Crippen LogP contribution is -2.42. The van der Waals surface area contributed by atoms with Crippen molar-refractivity contribution in [2.24, 2.45) is 0 Å². The number of aliphatic hydroxyl groups is 2. The quantitative estimate of drug-likeness (QED) is 0.741. The summed E-state index contributed by atoms with van der Waals surface area (Å²) in [7, 11) is -3.37. The van der Waals surface area contributed by atoms with Gasteiger partial charge in [-0.15, -0.1) is 0 Å². The zero-order valence-corrected chi connectivity index (χ0v) is 9.47. The first-order chi connectivity index (χ1) is 7.50. The van der Waals surface area contributed by atoms with E-state index in [1.165, 1.54) is 0 Å². The van der Waals surface area contributed by atoms with Crippen LogP contribution in [0, 0.1) is 0 Å². The first-order valence-electron chi connectivity index (χ1n) is 5.13. The minimum Gasteiger partial charge on any atom is -0.390 e. The summed E-state index contributed by atoms with van der Waals surface area (Å²) in [5.41, 5.74) is 0.674. The van der Waals surface area contributed by atoms with Crippen LogP contribution < -0.4 is 0 Å². The highest BCUT2D eigenvalue weighted by molar-refractivity contribution is 7.91. The van der Waals surface area contributed by atoms with Crippen molar-refractivity contribution in [2.75, 3.05) is 5.75 Å². The molecule has 0 amide bonds. The van der Waals surface area contributed by atoms with E-state index in [9.17, 15) is 18.6 Å². The fourth-order valence-electron chi connectivity index (χ4n) is 2.00. The van der Waals surface area contributed by atoms with E-state index in [-0.39, 0.29) is 12.2 Å². The molecule has 5 heteroatoms. The van der Waals surface area contributed by atoms with Crippen molar-refractivity contribution in [3.05, 3.63) is 35.9 Å². The Morgan fingerprint density at radius 3 is 2.31 bits per heavy atom. The van der Waals surface area contributed by atoms with Gasteiger partial charge in [-0.1, -0.05) is 30.3 Å². The Kier molecular flexibility index (Phi) is 3.01. The van der Waals surface area contributed by atoms with Crippen molar-refractivity contribution in [3.63, 3.8) is 0 Å². The molecule has 0 aromatic heterocycles. The molecule has 1 aliphatic rings. The summed E-state index contributed by atoms with van der Waals surface area (Å²) in [6.45, 7) is 0. The second-order valence-electron chi connectivity index (χ2n) is 4.10. The number of rotatable bonds is 1. The van der Waals surface area contributed by atoms with E-state index in [4.69, 9.17) is 0 Å². The van der Waals surface area contributed by atoms with E-state index in [1.54, 1.807) is 24.3 Å². The van der Waals surface area contributed by atoms with Gasteiger partial charge in [0.25, 0.3) is 0 Å². The first kappa shape index (κ1) is 11.6. The van der Waals surface area contributed by atoms with Gasteiger partial charge >= 0.3 is 0 Å². The molecule has 1 aromatic rings. The molecule has 1 heterocycles. The van der Waals surface area contributed by atoms with Crippen molar-refractivity contribution in [3.8, 4) is 0 Å². The van der Waals surface area contributed by atoms with Crippen LogP contribution in [-0.4, -0.2) is 36.6 Å². The Labute approximate surface area is 94.5 Å². The predicted octanol–water partition coefficient (Wildman–Crippen LogP) is 0.268. The second kappa shape index (κ2) is 4.16. The van der Waals surface area contributed by atoms with Gasteiger partial charge in [0.1, 0.15) is 0 Å². The van der Waals surface area contributed by atoms with E-state index < -0.39 is 27.3 Å². The summed E-state index contributed by atoms with van der Waals surface area (Å²) >= 11 is 0. The molecule has 0 bridgehead atoms. The lowest BCUT2D eigenvalue weighted by Gasteiger charge is -2.30. The molecule has 1 aliphatic heterocycles. The molecule has 88 valence electrons. The summed E-state index contributed by atoms with van der Waals surface area (Å²) in [4.78, 5) is 0. The Balaban J connectivity index is 2.34. The van der Waals surface area contributed by atoms with Gasteiger partial charge in [-0.3, -0.25) is 0 Å². The smallest absolute Gasteiger partial charge is 0.160 e. The highest BCUT2D eigenvalue weighted by Gasteiger charge is 2.39. The van der Waals surface area contributed by atoms with E-state index in [1.807, 2.05) is 6.07 Å². The fourth-order valence-corrected chi connectivity index (χ4v) is 3.99. The van der Waals surface area contributed by atoms with Crippen LogP contribution in [0.15, 0.2) is 30.3 Å². The maximum atomic E-state index is 11.9. The Bertz CT molecular complexity index is 454. The van der Waals surface area contributed by atoms with Crippen molar-refractivity contribution < 1.29 is 18.6 Å². The number of hydrogen-bond donors (Lipinski definition) is 2. The molecule has 0 aliphatic carbocycles. The van der Waals surface area contributed by atoms with E-state index in [0.29, 0.717) is 5.56 Å². The summed E-state index contributed by atoms with van der Waals surface area (Å²) in [5, 5.41) is 18.2. The molecule has 1 saturated heterocycles.